The summed E-state index contributed by atoms with van der Waals surface area (Å²) in [5.41, 5.74) is -0.775. The maximum atomic E-state index is 12.8. The Morgan fingerprint density at radius 3 is 2.49 bits per heavy atom. The summed E-state index contributed by atoms with van der Waals surface area (Å²) in [6.45, 7) is 13.6. The van der Waals surface area contributed by atoms with Crippen molar-refractivity contribution in [2.45, 2.75) is 129 Å². The largest absolute Gasteiger partial charge is 0.457 e. The number of aliphatic hydroxyl groups is 3. The predicted molar refractivity (Wildman–Crippen MR) is 189 cm³/mol. The van der Waals surface area contributed by atoms with Gasteiger partial charge in [0.05, 0.1) is 24.7 Å². The Morgan fingerprint density at radius 1 is 1.22 bits per heavy atom. The number of hydrogen-bond acceptors (Lipinski definition) is 11. The molecule has 1 amide bonds. The second-order valence-corrected chi connectivity index (χ2v) is 14.0. The number of nitrogens with one attached hydrogen (secondary N) is 1. The quantitative estimate of drug-likeness (QED) is 0.0598. The molecular weight excluding hydrogens is 632 g/mol. The second-order valence-electron chi connectivity index (χ2n) is 14.0. The first-order chi connectivity index (χ1) is 22.9. The Hall–Kier alpha value is -2.77. The first-order valence-corrected chi connectivity index (χ1v) is 17.5. The minimum absolute atomic E-state index is 0.0190. The van der Waals surface area contributed by atoms with Gasteiger partial charge in [-0.05, 0) is 84.2 Å². The molecule has 0 saturated heterocycles. The van der Waals surface area contributed by atoms with Gasteiger partial charge in [-0.1, -0.05) is 52.0 Å². The number of methoxy groups -OCH3 is 1. The molecule has 12 nitrogen and oxygen atoms in total. The van der Waals surface area contributed by atoms with Crippen molar-refractivity contribution >= 4 is 18.0 Å². The van der Waals surface area contributed by atoms with Crippen molar-refractivity contribution in [3.8, 4) is 0 Å². The SMILES string of the molecule is CCC(OC)C(C)CC(O)C(OC(=O)NCCCN(C)C)C(C)/C=C/C=C(\C)C1OC(=O)CC(O)CCC(C)(O)C(OC(C)=O)/C=C/C1C. The molecule has 12 heteroatoms. The zero-order chi connectivity index (χ0) is 37.3. The molecule has 1 aliphatic heterocycles. The lowest BCUT2D eigenvalue weighted by atomic mass is 9.88. The summed E-state index contributed by atoms with van der Waals surface area (Å²) < 4.78 is 22.6. The third kappa shape index (κ3) is 16.7. The molecule has 10 atom stereocenters. The highest BCUT2D eigenvalue weighted by Gasteiger charge is 2.35. The van der Waals surface area contributed by atoms with E-state index in [0.717, 1.165) is 19.4 Å². The van der Waals surface area contributed by atoms with Crippen LogP contribution >= 0.6 is 0 Å². The van der Waals surface area contributed by atoms with Crippen LogP contribution in [0.15, 0.2) is 36.0 Å². The van der Waals surface area contributed by atoms with Gasteiger partial charge in [0, 0.05) is 32.4 Å². The molecule has 0 aromatic rings. The number of carbonyl (C=O) groups is 3. The fourth-order valence-electron chi connectivity index (χ4n) is 5.97. The monoisotopic (exact) mass is 696 g/mol. The summed E-state index contributed by atoms with van der Waals surface area (Å²) in [6.07, 6.45) is 5.37. The molecule has 0 aliphatic carbocycles. The summed E-state index contributed by atoms with van der Waals surface area (Å²) >= 11 is 0. The molecule has 0 bridgehead atoms. The fraction of sp³-hybridized carbons (Fsp3) is 0.757. The molecule has 1 heterocycles. The first kappa shape index (κ1) is 44.3. The number of cyclic esters (lactones) is 1. The summed E-state index contributed by atoms with van der Waals surface area (Å²) in [4.78, 5) is 39.4. The molecule has 0 spiro atoms. The minimum atomic E-state index is -1.46. The lowest BCUT2D eigenvalue weighted by Gasteiger charge is -2.32. The number of allylic oxidation sites excluding steroid dienone is 2. The summed E-state index contributed by atoms with van der Waals surface area (Å²) in [7, 11) is 5.56. The van der Waals surface area contributed by atoms with E-state index in [1.54, 1.807) is 38.3 Å². The third-order valence-electron chi connectivity index (χ3n) is 8.98. The number of aliphatic hydroxyl groups excluding tert-OH is 2. The van der Waals surface area contributed by atoms with E-state index >= 15 is 0 Å². The average Bonchev–Trinajstić information content (AvgIpc) is 3.01. The van der Waals surface area contributed by atoms with Crippen LogP contribution < -0.4 is 5.32 Å². The highest BCUT2D eigenvalue weighted by Crippen LogP contribution is 2.28. The standard InChI is InChI=1S/C37H64N2O10/c1-11-31(46-10)27(5)22-30(42)35(49-36(44)38-20-13-21-39(8)9)25(3)15-12-14-24(2)34-26(4)16-17-32(47-28(6)40)37(7,45)19-18-29(41)23-33(43)48-34/h12,14-17,25-27,29-32,34-35,41-42,45H,11,13,18-23H2,1-10H3,(H,38,44)/b15-12+,17-16+,24-14+. The molecular formula is C37H64N2O10. The van der Waals surface area contributed by atoms with E-state index in [-0.39, 0.29) is 43.1 Å². The van der Waals surface area contributed by atoms with Gasteiger partial charge in [-0.15, -0.1) is 0 Å². The zero-order valence-electron chi connectivity index (χ0n) is 31.4. The number of alkyl carbamates (subject to hydrolysis) is 1. The molecule has 0 radical (unpaired) electrons. The van der Waals surface area contributed by atoms with E-state index in [2.05, 4.69) is 5.32 Å². The Balaban J connectivity index is 3.28. The summed E-state index contributed by atoms with van der Waals surface area (Å²) in [6, 6.07) is 0. The van der Waals surface area contributed by atoms with Crippen molar-refractivity contribution in [2.75, 3.05) is 34.3 Å². The molecule has 0 aromatic carbocycles. The van der Waals surface area contributed by atoms with Crippen molar-refractivity contribution in [3.63, 3.8) is 0 Å². The van der Waals surface area contributed by atoms with Gasteiger partial charge in [-0.25, -0.2) is 4.79 Å². The van der Waals surface area contributed by atoms with Crippen LogP contribution in [0, 0.1) is 17.8 Å². The Morgan fingerprint density at radius 2 is 1.90 bits per heavy atom. The van der Waals surface area contributed by atoms with E-state index < -0.39 is 54.2 Å². The molecule has 0 aromatic heterocycles. The third-order valence-corrected chi connectivity index (χ3v) is 8.98. The normalized spacial score (nSPS) is 28.0. The van der Waals surface area contributed by atoms with Gasteiger partial charge in [-0.2, -0.15) is 0 Å². The van der Waals surface area contributed by atoms with Crippen LogP contribution in [0.1, 0.15) is 87.0 Å². The fourth-order valence-corrected chi connectivity index (χ4v) is 5.97. The van der Waals surface area contributed by atoms with Crippen molar-refractivity contribution in [1.82, 2.24) is 10.2 Å². The van der Waals surface area contributed by atoms with E-state index in [4.69, 9.17) is 18.9 Å². The Bertz CT molecular complexity index is 1100. The van der Waals surface area contributed by atoms with Gasteiger partial charge in [0.2, 0.25) is 0 Å². The molecule has 0 fully saturated rings. The molecule has 282 valence electrons. The van der Waals surface area contributed by atoms with E-state index in [0.29, 0.717) is 18.5 Å². The van der Waals surface area contributed by atoms with E-state index in [9.17, 15) is 29.7 Å². The maximum Gasteiger partial charge on any atom is 0.407 e. The molecule has 1 aliphatic rings. The molecule has 4 N–H and O–H groups in total. The summed E-state index contributed by atoms with van der Waals surface area (Å²) in [5, 5.41) is 35.6. The van der Waals surface area contributed by atoms with Crippen molar-refractivity contribution in [3.05, 3.63) is 36.0 Å². The molecule has 10 unspecified atom stereocenters. The van der Waals surface area contributed by atoms with Crippen LogP contribution in [-0.2, 0) is 28.5 Å². The zero-order valence-corrected chi connectivity index (χ0v) is 31.4. The molecule has 49 heavy (non-hydrogen) atoms. The topological polar surface area (TPSA) is 164 Å². The Kier molecular flexibility index (Phi) is 20.0. The van der Waals surface area contributed by atoms with Gasteiger partial charge < -0.3 is 44.5 Å². The lowest BCUT2D eigenvalue weighted by molar-refractivity contribution is -0.157. The summed E-state index contributed by atoms with van der Waals surface area (Å²) in [5.74, 6) is -1.89. The van der Waals surface area contributed by atoms with E-state index in [1.165, 1.54) is 13.8 Å². The van der Waals surface area contributed by atoms with E-state index in [1.807, 2.05) is 52.8 Å². The van der Waals surface area contributed by atoms with Crippen LogP contribution in [0.2, 0.25) is 0 Å². The van der Waals surface area contributed by atoms with Crippen molar-refractivity contribution in [2.24, 2.45) is 17.8 Å². The van der Waals surface area contributed by atoms with Crippen LogP contribution in [0.4, 0.5) is 4.79 Å². The van der Waals surface area contributed by atoms with Crippen LogP contribution in [0.3, 0.4) is 0 Å². The number of carbonyl (C=O) groups excluding carboxylic acids is 3. The minimum Gasteiger partial charge on any atom is -0.457 e. The van der Waals surface area contributed by atoms with Gasteiger partial charge >= 0.3 is 18.0 Å². The maximum absolute atomic E-state index is 12.8. The van der Waals surface area contributed by atoms with Gasteiger partial charge in [-0.3, -0.25) is 9.59 Å². The number of rotatable bonds is 16. The van der Waals surface area contributed by atoms with Crippen molar-refractivity contribution in [1.29, 1.82) is 0 Å². The number of hydrogen-bond donors (Lipinski definition) is 4. The van der Waals surface area contributed by atoms with Crippen LogP contribution in [0.25, 0.3) is 0 Å². The van der Waals surface area contributed by atoms with Crippen molar-refractivity contribution < 1.29 is 48.7 Å². The lowest BCUT2D eigenvalue weighted by Crippen LogP contribution is -2.42. The highest BCUT2D eigenvalue weighted by molar-refractivity contribution is 5.70. The average molecular weight is 697 g/mol. The molecule has 1 rings (SSSR count). The van der Waals surface area contributed by atoms with Crippen LogP contribution in [0.5, 0.6) is 0 Å². The second kappa shape index (κ2) is 22.1. The number of amides is 1. The number of esters is 2. The number of ether oxygens (including phenoxy) is 4. The van der Waals surface area contributed by atoms with Gasteiger partial charge in [0.1, 0.15) is 23.9 Å². The van der Waals surface area contributed by atoms with Crippen LogP contribution in [-0.4, -0.2) is 115 Å². The highest BCUT2D eigenvalue weighted by atomic mass is 16.6. The predicted octanol–water partition coefficient (Wildman–Crippen LogP) is 4.32. The Labute approximate surface area is 293 Å². The van der Waals surface area contributed by atoms with Gasteiger partial charge in [0.25, 0.3) is 0 Å². The van der Waals surface area contributed by atoms with Gasteiger partial charge in [0.15, 0.2) is 0 Å². The smallest absolute Gasteiger partial charge is 0.407 e. The number of nitrogens with zero attached hydrogens (tertiary/aromatic N) is 1. The molecule has 0 saturated carbocycles. The first-order valence-electron chi connectivity index (χ1n) is 17.5.